The number of nitrogens with one attached hydrogen (secondary N) is 2. The lowest BCUT2D eigenvalue weighted by molar-refractivity contribution is 0.244. The van der Waals surface area contributed by atoms with Crippen molar-refractivity contribution in [2.75, 3.05) is 5.32 Å². The molecule has 5 heteroatoms. The average Bonchev–Trinajstić information content (AvgIpc) is 2.81. The summed E-state index contributed by atoms with van der Waals surface area (Å²) >= 11 is 0. The molecule has 20 heavy (non-hydrogen) atoms. The highest BCUT2D eigenvalue weighted by Crippen LogP contribution is 2.19. The van der Waals surface area contributed by atoms with Crippen LogP contribution < -0.4 is 10.6 Å². The molecule has 0 unspecified atom stereocenters. The monoisotopic (exact) mass is 272 g/mol. The number of hydrogen-bond donors (Lipinski definition) is 2. The molecule has 0 bridgehead atoms. The van der Waals surface area contributed by atoms with Gasteiger partial charge in [0.25, 0.3) is 0 Å². The molecule has 1 saturated carbocycles. The first-order chi connectivity index (χ1) is 9.72. The molecular weight excluding hydrogens is 252 g/mol. The molecule has 2 amide bonds. The number of amides is 2. The molecule has 0 aromatic carbocycles. The topological polar surface area (TPSA) is 58.4 Å². The van der Waals surface area contributed by atoms with E-state index in [0.717, 1.165) is 29.9 Å². The number of imidazole rings is 1. The van der Waals surface area contributed by atoms with Crippen molar-refractivity contribution in [2.24, 2.45) is 0 Å². The molecule has 3 rings (SSSR count). The van der Waals surface area contributed by atoms with Crippen molar-refractivity contribution >= 4 is 17.4 Å². The number of aromatic nitrogens is 2. The Bertz CT molecular complexity index is 613. The molecule has 0 saturated heterocycles. The van der Waals surface area contributed by atoms with Crippen molar-refractivity contribution in [1.82, 2.24) is 14.7 Å². The van der Waals surface area contributed by atoms with Gasteiger partial charge in [0, 0.05) is 18.4 Å². The predicted octanol–water partition coefficient (Wildman–Crippen LogP) is 3.10. The van der Waals surface area contributed by atoms with Crippen LogP contribution in [0, 0.1) is 6.92 Å². The number of fused-ring (bicyclic) bond motifs is 1. The lowest BCUT2D eigenvalue weighted by Crippen LogP contribution is -2.39. The highest BCUT2D eigenvalue weighted by Gasteiger charge is 2.16. The standard InChI is InChI=1S/C15H20N4O/c1-11-10-19-9-5-8-13(14(19)16-11)18-15(20)17-12-6-3-2-4-7-12/h5,8-10,12H,2-4,6-7H2,1H3,(H2,17,18,20). The molecule has 2 aromatic heterocycles. The fourth-order valence-electron chi connectivity index (χ4n) is 2.82. The van der Waals surface area contributed by atoms with Gasteiger partial charge in [0.05, 0.1) is 11.4 Å². The summed E-state index contributed by atoms with van der Waals surface area (Å²) in [6.07, 6.45) is 9.74. The third-order valence-corrected chi connectivity index (χ3v) is 3.79. The number of anilines is 1. The fraction of sp³-hybridized carbons (Fsp3) is 0.467. The number of carbonyl (C=O) groups excluding carboxylic acids is 1. The zero-order chi connectivity index (χ0) is 13.9. The normalized spacial score (nSPS) is 16.2. The molecule has 2 N–H and O–H groups in total. The van der Waals surface area contributed by atoms with Crippen LogP contribution in [0.3, 0.4) is 0 Å². The van der Waals surface area contributed by atoms with Gasteiger partial charge in [0.1, 0.15) is 0 Å². The van der Waals surface area contributed by atoms with Gasteiger partial charge in [-0.05, 0) is 31.9 Å². The highest BCUT2D eigenvalue weighted by molar-refractivity contribution is 5.93. The van der Waals surface area contributed by atoms with Crippen molar-refractivity contribution in [3.8, 4) is 0 Å². The molecule has 0 aliphatic heterocycles. The molecule has 1 aliphatic rings. The smallest absolute Gasteiger partial charge is 0.319 e. The summed E-state index contributed by atoms with van der Waals surface area (Å²) in [6, 6.07) is 3.96. The third-order valence-electron chi connectivity index (χ3n) is 3.79. The minimum absolute atomic E-state index is 0.134. The van der Waals surface area contributed by atoms with Gasteiger partial charge in [0.2, 0.25) is 0 Å². The molecule has 106 valence electrons. The first-order valence-electron chi connectivity index (χ1n) is 7.24. The number of urea groups is 1. The minimum atomic E-state index is -0.134. The van der Waals surface area contributed by atoms with Gasteiger partial charge in [-0.3, -0.25) is 0 Å². The maximum Gasteiger partial charge on any atom is 0.319 e. The average molecular weight is 272 g/mol. The molecule has 0 spiro atoms. The summed E-state index contributed by atoms with van der Waals surface area (Å²) in [5.74, 6) is 0. The quantitative estimate of drug-likeness (QED) is 0.882. The van der Waals surface area contributed by atoms with Crippen LogP contribution in [-0.2, 0) is 0 Å². The maximum absolute atomic E-state index is 12.1. The first kappa shape index (κ1) is 13.0. The van der Waals surface area contributed by atoms with Crippen molar-refractivity contribution in [1.29, 1.82) is 0 Å². The zero-order valence-corrected chi connectivity index (χ0v) is 11.7. The zero-order valence-electron chi connectivity index (χ0n) is 11.7. The van der Waals surface area contributed by atoms with Crippen LogP contribution in [0.1, 0.15) is 37.8 Å². The maximum atomic E-state index is 12.1. The Morgan fingerprint density at radius 2 is 2.15 bits per heavy atom. The number of rotatable bonds is 2. The van der Waals surface area contributed by atoms with E-state index in [0.29, 0.717) is 6.04 Å². The lowest BCUT2D eigenvalue weighted by Gasteiger charge is -2.22. The third kappa shape index (κ3) is 2.76. The van der Waals surface area contributed by atoms with E-state index in [2.05, 4.69) is 15.6 Å². The number of hydrogen-bond acceptors (Lipinski definition) is 2. The summed E-state index contributed by atoms with van der Waals surface area (Å²) in [5, 5.41) is 5.96. The molecule has 0 radical (unpaired) electrons. The van der Waals surface area contributed by atoms with Crippen molar-refractivity contribution < 1.29 is 4.79 Å². The predicted molar refractivity (Wildman–Crippen MR) is 79.0 cm³/mol. The van der Waals surface area contributed by atoms with Gasteiger partial charge in [0.15, 0.2) is 5.65 Å². The first-order valence-corrected chi connectivity index (χ1v) is 7.24. The van der Waals surface area contributed by atoms with E-state index in [1.807, 2.05) is 35.9 Å². The summed E-state index contributed by atoms with van der Waals surface area (Å²) < 4.78 is 1.92. The minimum Gasteiger partial charge on any atom is -0.335 e. The molecular formula is C15H20N4O. The Kier molecular flexibility index (Phi) is 3.58. The molecule has 0 atom stereocenters. The molecule has 2 heterocycles. The number of nitrogens with zero attached hydrogens (tertiary/aromatic N) is 2. The van der Waals surface area contributed by atoms with Gasteiger partial charge in [-0.15, -0.1) is 0 Å². The summed E-state index contributed by atoms with van der Waals surface area (Å²) in [6.45, 7) is 1.94. The summed E-state index contributed by atoms with van der Waals surface area (Å²) in [7, 11) is 0. The van der Waals surface area contributed by atoms with Gasteiger partial charge in [-0.25, -0.2) is 9.78 Å². The van der Waals surface area contributed by atoms with E-state index in [9.17, 15) is 4.79 Å². The largest absolute Gasteiger partial charge is 0.335 e. The van der Waals surface area contributed by atoms with Crippen molar-refractivity contribution in [3.05, 3.63) is 30.2 Å². The van der Waals surface area contributed by atoms with Crippen LogP contribution in [-0.4, -0.2) is 21.5 Å². The number of carbonyl (C=O) groups is 1. The summed E-state index contributed by atoms with van der Waals surface area (Å²) in [5.41, 5.74) is 2.46. The Balaban J connectivity index is 1.70. The summed E-state index contributed by atoms with van der Waals surface area (Å²) in [4.78, 5) is 16.5. The van der Waals surface area contributed by atoms with E-state index < -0.39 is 0 Å². The lowest BCUT2D eigenvalue weighted by atomic mass is 9.96. The van der Waals surface area contributed by atoms with E-state index in [1.54, 1.807) is 0 Å². The van der Waals surface area contributed by atoms with E-state index in [4.69, 9.17) is 0 Å². The Hall–Kier alpha value is -2.04. The Morgan fingerprint density at radius 3 is 2.95 bits per heavy atom. The van der Waals surface area contributed by atoms with Crippen LogP contribution in [0.25, 0.3) is 5.65 Å². The van der Waals surface area contributed by atoms with Crippen LogP contribution in [0.2, 0.25) is 0 Å². The second-order valence-corrected chi connectivity index (χ2v) is 5.47. The Labute approximate surface area is 118 Å². The van der Waals surface area contributed by atoms with Gasteiger partial charge >= 0.3 is 6.03 Å². The second-order valence-electron chi connectivity index (χ2n) is 5.47. The van der Waals surface area contributed by atoms with Crippen molar-refractivity contribution in [2.45, 2.75) is 45.1 Å². The van der Waals surface area contributed by atoms with Crippen LogP contribution in [0.5, 0.6) is 0 Å². The van der Waals surface area contributed by atoms with E-state index in [1.165, 1.54) is 19.3 Å². The van der Waals surface area contributed by atoms with Gasteiger partial charge < -0.3 is 15.0 Å². The Morgan fingerprint density at radius 1 is 1.35 bits per heavy atom. The van der Waals surface area contributed by atoms with Crippen molar-refractivity contribution in [3.63, 3.8) is 0 Å². The van der Waals surface area contributed by atoms with Crippen LogP contribution >= 0.6 is 0 Å². The molecule has 2 aromatic rings. The molecule has 1 aliphatic carbocycles. The second kappa shape index (κ2) is 5.53. The fourth-order valence-corrected chi connectivity index (χ4v) is 2.82. The number of aryl methyl sites for hydroxylation is 1. The van der Waals surface area contributed by atoms with Crippen LogP contribution in [0.4, 0.5) is 10.5 Å². The molecule has 1 fully saturated rings. The molecule has 5 nitrogen and oxygen atoms in total. The number of pyridine rings is 1. The van der Waals surface area contributed by atoms with Gasteiger partial charge in [-0.2, -0.15) is 0 Å². The van der Waals surface area contributed by atoms with E-state index >= 15 is 0 Å². The van der Waals surface area contributed by atoms with Gasteiger partial charge in [-0.1, -0.05) is 19.3 Å². The SMILES string of the molecule is Cc1cn2cccc(NC(=O)NC3CCCCC3)c2n1. The highest BCUT2D eigenvalue weighted by atomic mass is 16.2. The van der Waals surface area contributed by atoms with E-state index in [-0.39, 0.29) is 6.03 Å². The van der Waals surface area contributed by atoms with Crippen LogP contribution in [0.15, 0.2) is 24.5 Å².